The minimum Gasteiger partial charge on any atom is -0.339 e. The van der Waals surface area contributed by atoms with Crippen molar-refractivity contribution in [3.05, 3.63) is 46.7 Å². The zero-order valence-corrected chi connectivity index (χ0v) is 19.4. The number of carbonyl (C=O) groups is 2. The summed E-state index contributed by atoms with van der Waals surface area (Å²) in [6.07, 6.45) is 7.14. The van der Waals surface area contributed by atoms with E-state index in [4.69, 9.17) is 0 Å². The maximum atomic E-state index is 13.1. The highest BCUT2D eigenvalue weighted by atomic mass is 79.9. The Kier molecular flexibility index (Phi) is 6.85. The summed E-state index contributed by atoms with van der Waals surface area (Å²) in [5, 5.41) is 0. The average molecular weight is 486 g/mol. The summed E-state index contributed by atoms with van der Waals surface area (Å²) in [5.74, 6) is 0.510. The van der Waals surface area contributed by atoms with Crippen molar-refractivity contribution in [2.24, 2.45) is 5.92 Å². The highest BCUT2D eigenvalue weighted by Gasteiger charge is 2.38. The van der Waals surface area contributed by atoms with E-state index in [-0.39, 0.29) is 24.2 Å². The van der Waals surface area contributed by atoms with E-state index >= 15 is 0 Å². The zero-order valence-electron chi connectivity index (χ0n) is 17.8. The van der Waals surface area contributed by atoms with E-state index in [1.165, 1.54) is 18.4 Å². The smallest absolute Gasteiger partial charge is 0.228 e. The van der Waals surface area contributed by atoms with Gasteiger partial charge in [0.25, 0.3) is 0 Å². The highest BCUT2D eigenvalue weighted by Crippen LogP contribution is 2.27. The number of aryl methyl sites for hydroxylation is 1. The third kappa shape index (κ3) is 5.06. The van der Waals surface area contributed by atoms with Crippen molar-refractivity contribution in [1.29, 1.82) is 0 Å². The Bertz CT molecular complexity index is 911. The van der Waals surface area contributed by atoms with Gasteiger partial charge in [-0.25, -0.2) is 9.97 Å². The van der Waals surface area contributed by atoms with Gasteiger partial charge in [0, 0.05) is 57.2 Å². The van der Waals surface area contributed by atoms with Gasteiger partial charge in [-0.1, -0.05) is 25.5 Å². The minimum atomic E-state index is -0.275. The van der Waals surface area contributed by atoms with Crippen LogP contribution in [0.3, 0.4) is 0 Å². The topological polar surface area (TPSA) is 69.6 Å². The largest absolute Gasteiger partial charge is 0.339 e. The molecule has 4 rings (SSSR count). The molecule has 0 radical (unpaired) electrons. The number of benzene rings is 1. The molecular formula is C23H28BrN5O2. The molecule has 1 unspecified atom stereocenters. The molecule has 2 aromatic rings. The van der Waals surface area contributed by atoms with Gasteiger partial charge in [-0.2, -0.15) is 0 Å². The van der Waals surface area contributed by atoms with E-state index in [2.05, 4.69) is 49.9 Å². The number of aromatic nitrogens is 2. The SMILES string of the molecule is CCCCc1ccc(N2CC(C(=O)N3CCN(c4ncc(Br)cn4)CC3)CC2=O)cc1. The van der Waals surface area contributed by atoms with E-state index in [9.17, 15) is 9.59 Å². The molecule has 1 atom stereocenters. The van der Waals surface area contributed by atoms with Gasteiger partial charge in [0.15, 0.2) is 0 Å². The molecule has 31 heavy (non-hydrogen) atoms. The van der Waals surface area contributed by atoms with Gasteiger partial charge in [-0.3, -0.25) is 9.59 Å². The Balaban J connectivity index is 1.32. The van der Waals surface area contributed by atoms with E-state index in [0.717, 1.165) is 16.6 Å². The van der Waals surface area contributed by atoms with E-state index in [1.54, 1.807) is 17.3 Å². The van der Waals surface area contributed by atoms with Crippen LogP contribution in [0, 0.1) is 5.92 Å². The van der Waals surface area contributed by atoms with E-state index in [0.29, 0.717) is 38.7 Å². The third-order valence-electron chi connectivity index (χ3n) is 6.02. The second-order valence-corrected chi connectivity index (χ2v) is 9.10. The highest BCUT2D eigenvalue weighted by molar-refractivity contribution is 9.10. The van der Waals surface area contributed by atoms with Gasteiger partial charge < -0.3 is 14.7 Å². The lowest BCUT2D eigenvalue weighted by molar-refractivity contribution is -0.136. The first-order valence-corrected chi connectivity index (χ1v) is 11.7. The lowest BCUT2D eigenvalue weighted by Crippen LogP contribution is -2.51. The van der Waals surface area contributed by atoms with Crippen molar-refractivity contribution in [3.63, 3.8) is 0 Å². The Morgan fingerprint density at radius 1 is 1.10 bits per heavy atom. The maximum Gasteiger partial charge on any atom is 0.228 e. The van der Waals surface area contributed by atoms with Crippen LogP contribution in [0.2, 0.25) is 0 Å². The molecule has 2 saturated heterocycles. The molecule has 2 aliphatic rings. The Morgan fingerprint density at radius 2 is 1.77 bits per heavy atom. The van der Waals surface area contributed by atoms with E-state index < -0.39 is 0 Å². The van der Waals surface area contributed by atoms with Gasteiger partial charge in [-0.05, 0) is 46.5 Å². The minimum absolute atomic E-state index is 0.0292. The summed E-state index contributed by atoms with van der Waals surface area (Å²) >= 11 is 3.35. The van der Waals surface area contributed by atoms with Crippen LogP contribution in [0.25, 0.3) is 0 Å². The van der Waals surface area contributed by atoms with Gasteiger partial charge in [0.05, 0.1) is 10.4 Å². The zero-order chi connectivity index (χ0) is 21.8. The molecule has 0 aliphatic carbocycles. The summed E-state index contributed by atoms with van der Waals surface area (Å²) in [7, 11) is 0. The number of hydrogen-bond donors (Lipinski definition) is 0. The quantitative estimate of drug-likeness (QED) is 0.627. The van der Waals surface area contributed by atoms with Crippen LogP contribution < -0.4 is 9.80 Å². The van der Waals surface area contributed by atoms with Crippen molar-refractivity contribution in [3.8, 4) is 0 Å². The lowest BCUT2D eigenvalue weighted by atomic mass is 10.1. The Hall–Kier alpha value is -2.48. The fourth-order valence-electron chi connectivity index (χ4n) is 4.20. The number of hydrogen-bond acceptors (Lipinski definition) is 5. The molecule has 0 bridgehead atoms. The number of amides is 2. The van der Waals surface area contributed by atoms with Crippen molar-refractivity contribution >= 4 is 39.4 Å². The number of rotatable bonds is 6. The van der Waals surface area contributed by atoms with Crippen LogP contribution in [0.5, 0.6) is 0 Å². The molecule has 2 amide bonds. The van der Waals surface area contributed by atoms with Crippen LogP contribution in [0.1, 0.15) is 31.7 Å². The first-order valence-electron chi connectivity index (χ1n) is 11.0. The molecule has 7 nitrogen and oxygen atoms in total. The van der Waals surface area contributed by atoms with Crippen molar-refractivity contribution < 1.29 is 9.59 Å². The molecule has 0 N–H and O–H groups in total. The Labute approximate surface area is 191 Å². The van der Waals surface area contributed by atoms with Gasteiger partial charge in [0.2, 0.25) is 17.8 Å². The van der Waals surface area contributed by atoms with Crippen LogP contribution >= 0.6 is 15.9 Å². The fraction of sp³-hybridized carbons (Fsp3) is 0.478. The summed E-state index contributed by atoms with van der Waals surface area (Å²) < 4.78 is 0.844. The van der Waals surface area contributed by atoms with Crippen LogP contribution in [-0.2, 0) is 16.0 Å². The predicted octanol–water partition coefficient (Wildman–Crippen LogP) is 3.28. The fourth-order valence-corrected chi connectivity index (χ4v) is 4.40. The molecule has 8 heteroatoms. The molecule has 2 aliphatic heterocycles. The monoisotopic (exact) mass is 485 g/mol. The van der Waals surface area contributed by atoms with Crippen LogP contribution in [0.15, 0.2) is 41.1 Å². The summed E-state index contributed by atoms with van der Waals surface area (Å²) in [5.41, 5.74) is 2.18. The molecule has 1 aromatic carbocycles. The van der Waals surface area contributed by atoms with Crippen LogP contribution in [0.4, 0.5) is 11.6 Å². The first-order chi connectivity index (χ1) is 15.0. The van der Waals surface area contributed by atoms with Gasteiger partial charge in [0.1, 0.15) is 0 Å². The van der Waals surface area contributed by atoms with Crippen LogP contribution in [-0.4, -0.2) is 59.4 Å². The van der Waals surface area contributed by atoms with Gasteiger partial charge >= 0.3 is 0 Å². The number of piperazine rings is 1. The third-order valence-corrected chi connectivity index (χ3v) is 6.43. The number of carbonyl (C=O) groups excluding carboxylic acids is 2. The lowest BCUT2D eigenvalue weighted by Gasteiger charge is -2.35. The Morgan fingerprint density at radius 3 is 2.42 bits per heavy atom. The predicted molar refractivity (Wildman–Crippen MR) is 124 cm³/mol. The maximum absolute atomic E-state index is 13.1. The number of nitrogens with zero attached hydrogens (tertiary/aromatic N) is 5. The second kappa shape index (κ2) is 9.77. The number of unbranched alkanes of at least 4 members (excludes halogenated alkanes) is 1. The first kappa shape index (κ1) is 21.7. The van der Waals surface area contributed by atoms with E-state index in [1.807, 2.05) is 17.0 Å². The molecule has 1 aromatic heterocycles. The normalized spacial score (nSPS) is 19.2. The standard InChI is InChI=1S/C23H28BrN5O2/c1-2-3-4-17-5-7-20(8-6-17)29-16-18(13-21(29)30)22(31)27-9-11-28(12-10-27)23-25-14-19(24)15-26-23/h5-8,14-15,18H,2-4,9-13,16H2,1H3. The molecule has 3 heterocycles. The van der Waals surface area contributed by atoms with Crippen molar-refractivity contribution in [1.82, 2.24) is 14.9 Å². The van der Waals surface area contributed by atoms with Crippen molar-refractivity contribution in [2.45, 2.75) is 32.6 Å². The summed E-state index contributed by atoms with van der Waals surface area (Å²) in [6.45, 7) is 5.27. The molecule has 2 fully saturated rings. The molecule has 0 spiro atoms. The van der Waals surface area contributed by atoms with Gasteiger partial charge in [-0.15, -0.1) is 0 Å². The van der Waals surface area contributed by atoms with Crippen molar-refractivity contribution in [2.75, 3.05) is 42.5 Å². The molecular weight excluding hydrogens is 458 g/mol. The molecule has 164 valence electrons. The number of anilines is 2. The number of halogens is 1. The molecule has 0 saturated carbocycles. The second-order valence-electron chi connectivity index (χ2n) is 8.19. The summed E-state index contributed by atoms with van der Waals surface area (Å²) in [6, 6.07) is 8.20. The summed E-state index contributed by atoms with van der Waals surface area (Å²) in [4.78, 5) is 40.1. The average Bonchev–Trinajstić information content (AvgIpc) is 3.20.